The highest BCUT2D eigenvalue weighted by atomic mass is 16.5. The van der Waals surface area contributed by atoms with Crippen molar-refractivity contribution >= 4 is 27.8 Å². The van der Waals surface area contributed by atoms with Crippen LogP contribution in [0.25, 0.3) is 32.9 Å². The monoisotopic (exact) mass is 388 g/mol. The van der Waals surface area contributed by atoms with Crippen molar-refractivity contribution in [3.63, 3.8) is 0 Å². The molecule has 0 bridgehead atoms. The minimum Gasteiger partial charge on any atom is -0.497 e. The van der Waals surface area contributed by atoms with Crippen molar-refractivity contribution in [2.24, 2.45) is 0 Å². The van der Waals surface area contributed by atoms with Crippen LogP contribution in [-0.4, -0.2) is 38.4 Å². The summed E-state index contributed by atoms with van der Waals surface area (Å²) in [6.45, 7) is 2.51. The first-order chi connectivity index (χ1) is 14.2. The third kappa shape index (κ3) is 3.11. The average Bonchev–Trinajstić information content (AvgIpc) is 2.79. The molecule has 1 aromatic heterocycles. The molecule has 0 amide bonds. The number of methoxy groups -OCH3 is 1. The molecule has 29 heavy (non-hydrogen) atoms. The Morgan fingerprint density at radius 2 is 1.69 bits per heavy atom. The zero-order valence-electron chi connectivity index (χ0n) is 16.1. The first-order valence-electron chi connectivity index (χ1n) is 9.58. The van der Waals surface area contributed by atoms with Crippen molar-refractivity contribution in [3.8, 4) is 16.9 Å². The number of ether oxygens (including phenoxy) is 2. The van der Waals surface area contributed by atoms with Crippen LogP contribution in [0.1, 0.15) is 0 Å². The largest absolute Gasteiger partial charge is 0.497 e. The zero-order chi connectivity index (χ0) is 19.8. The molecule has 1 aliphatic rings. The third-order valence-corrected chi connectivity index (χ3v) is 5.30. The smallest absolute Gasteiger partial charge is 0.301 e. The van der Waals surface area contributed by atoms with Gasteiger partial charge in [-0.1, -0.05) is 36.4 Å². The molecule has 1 aliphatic heterocycles. The number of anilines is 1. The van der Waals surface area contributed by atoms with Gasteiger partial charge in [0, 0.05) is 18.5 Å². The summed E-state index contributed by atoms with van der Waals surface area (Å²) in [5.41, 5.74) is 2.25. The van der Waals surface area contributed by atoms with Crippen molar-refractivity contribution in [2.45, 2.75) is 0 Å². The maximum Gasteiger partial charge on any atom is 0.301 e. The second-order valence-electron chi connectivity index (χ2n) is 6.98. The average molecular weight is 388 g/mol. The third-order valence-electron chi connectivity index (χ3n) is 5.30. The van der Waals surface area contributed by atoms with Crippen LogP contribution in [0.15, 0.2) is 63.8 Å². The lowest BCUT2D eigenvalue weighted by molar-refractivity contribution is 0.120. The van der Waals surface area contributed by atoms with Crippen LogP contribution in [-0.2, 0) is 4.74 Å². The maximum atomic E-state index is 12.9. The summed E-state index contributed by atoms with van der Waals surface area (Å²) in [7, 11) is 1.64. The van der Waals surface area contributed by atoms with Gasteiger partial charge in [0.1, 0.15) is 5.75 Å². The van der Waals surface area contributed by atoms with Crippen LogP contribution in [0.5, 0.6) is 5.75 Å². The summed E-state index contributed by atoms with van der Waals surface area (Å²) < 4.78 is 16.8. The summed E-state index contributed by atoms with van der Waals surface area (Å²) in [4.78, 5) is 19.1. The fourth-order valence-corrected chi connectivity index (χ4v) is 3.78. The lowest BCUT2D eigenvalue weighted by Crippen LogP contribution is -2.37. The van der Waals surface area contributed by atoms with Crippen LogP contribution >= 0.6 is 0 Å². The number of morpholine rings is 1. The quantitative estimate of drug-likeness (QED) is 0.497. The highest BCUT2D eigenvalue weighted by molar-refractivity contribution is 6.11. The summed E-state index contributed by atoms with van der Waals surface area (Å²) >= 11 is 0. The Bertz CT molecular complexity index is 1240. The van der Waals surface area contributed by atoms with Gasteiger partial charge in [0.25, 0.3) is 5.56 Å². The first-order valence-corrected chi connectivity index (χ1v) is 9.58. The van der Waals surface area contributed by atoms with E-state index in [1.807, 2.05) is 59.5 Å². The molecule has 6 nitrogen and oxygen atoms in total. The Balaban J connectivity index is 1.75. The van der Waals surface area contributed by atoms with Gasteiger partial charge in [-0.15, -0.1) is 0 Å². The van der Waals surface area contributed by atoms with Crippen LogP contribution in [0, 0.1) is 0 Å². The molecule has 0 spiro atoms. The highest BCUT2D eigenvalue weighted by Crippen LogP contribution is 2.35. The van der Waals surface area contributed by atoms with Gasteiger partial charge in [0.05, 0.1) is 25.7 Å². The van der Waals surface area contributed by atoms with Crippen LogP contribution in [0.4, 0.5) is 6.01 Å². The molecule has 2 heterocycles. The van der Waals surface area contributed by atoms with E-state index in [0.717, 1.165) is 27.6 Å². The second-order valence-corrected chi connectivity index (χ2v) is 6.98. The lowest BCUT2D eigenvalue weighted by Gasteiger charge is -2.26. The molecule has 0 aliphatic carbocycles. The number of hydrogen-bond acceptors (Lipinski definition) is 6. The molecular weight excluding hydrogens is 368 g/mol. The van der Waals surface area contributed by atoms with Gasteiger partial charge in [0.2, 0.25) is 0 Å². The Kier molecular flexibility index (Phi) is 4.41. The molecule has 5 rings (SSSR count). The van der Waals surface area contributed by atoms with E-state index in [9.17, 15) is 4.79 Å². The standard InChI is InChI=1S/C23H20N2O4/c1-27-16-8-6-15(7-9-16)19-14-20-21(18-5-3-2-4-17(18)19)29-23(24-22(20)26)25-10-12-28-13-11-25/h2-9,14H,10-13H2,1H3. The van der Waals surface area contributed by atoms with Crippen molar-refractivity contribution < 1.29 is 13.9 Å². The van der Waals surface area contributed by atoms with Gasteiger partial charge in [-0.2, -0.15) is 4.98 Å². The Labute approximate surface area is 167 Å². The SMILES string of the molecule is COc1ccc(-c2cc3c(=O)nc(N4CCOCC4)oc3c3ccccc23)cc1. The molecule has 0 N–H and O–H groups in total. The van der Waals surface area contributed by atoms with E-state index >= 15 is 0 Å². The van der Waals surface area contributed by atoms with Crippen LogP contribution in [0.2, 0.25) is 0 Å². The lowest BCUT2D eigenvalue weighted by atomic mass is 9.96. The van der Waals surface area contributed by atoms with Gasteiger partial charge in [-0.25, -0.2) is 0 Å². The number of rotatable bonds is 3. The molecular formula is C23H20N2O4. The first kappa shape index (κ1) is 17.7. The van der Waals surface area contributed by atoms with E-state index < -0.39 is 0 Å². The van der Waals surface area contributed by atoms with Crippen molar-refractivity contribution in [3.05, 3.63) is 65.0 Å². The zero-order valence-corrected chi connectivity index (χ0v) is 16.1. The Hall–Kier alpha value is -3.38. The molecule has 0 atom stereocenters. The van der Waals surface area contributed by atoms with E-state index in [1.54, 1.807) is 7.11 Å². The molecule has 1 fully saturated rings. The summed E-state index contributed by atoms with van der Waals surface area (Å²) in [5, 5.41) is 2.39. The molecule has 0 radical (unpaired) electrons. The van der Waals surface area contributed by atoms with E-state index in [4.69, 9.17) is 13.9 Å². The van der Waals surface area contributed by atoms with Crippen LogP contribution < -0.4 is 15.2 Å². The minimum atomic E-state index is -0.284. The summed E-state index contributed by atoms with van der Waals surface area (Å²) in [6.07, 6.45) is 0. The van der Waals surface area contributed by atoms with E-state index in [-0.39, 0.29) is 5.56 Å². The minimum absolute atomic E-state index is 0.284. The van der Waals surface area contributed by atoms with Gasteiger partial charge in [-0.3, -0.25) is 4.79 Å². The van der Waals surface area contributed by atoms with Gasteiger partial charge in [-0.05, 0) is 34.7 Å². The van der Waals surface area contributed by atoms with Crippen LogP contribution in [0.3, 0.4) is 0 Å². The topological polar surface area (TPSA) is 64.8 Å². The summed E-state index contributed by atoms with van der Waals surface area (Å²) in [6, 6.07) is 18.0. The number of hydrogen-bond donors (Lipinski definition) is 0. The Morgan fingerprint density at radius 3 is 2.41 bits per heavy atom. The van der Waals surface area contributed by atoms with Gasteiger partial charge in [0.15, 0.2) is 5.58 Å². The number of nitrogens with zero attached hydrogens (tertiary/aromatic N) is 2. The van der Waals surface area contributed by atoms with E-state index in [1.165, 1.54) is 0 Å². The molecule has 4 aromatic rings. The van der Waals surface area contributed by atoms with E-state index in [2.05, 4.69) is 4.98 Å². The number of fused-ring (bicyclic) bond motifs is 3. The maximum absolute atomic E-state index is 12.9. The van der Waals surface area contributed by atoms with Gasteiger partial charge >= 0.3 is 6.01 Å². The molecule has 1 saturated heterocycles. The summed E-state index contributed by atoms with van der Waals surface area (Å²) in [5.74, 6) is 0.787. The fourth-order valence-electron chi connectivity index (χ4n) is 3.78. The predicted molar refractivity (Wildman–Crippen MR) is 113 cm³/mol. The van der Waals surface area contributed by atoms with Crippen molar-refractivity contribution in [1.29, 1.82) is 0 Å². The molecule has 146 valence electrons. The normalized spacial score (nSPS) is 14.4. The molecule has 6 heteroatoms. The van der Waals surface area contributed by atoms with Gasteiger partial charge < -0.3 is 18.8 Å². The number of benzene rings is 3. The Morgan fingerprint density at radius 1 is 0.966 bits per heavy atom. The predicted octanol–water partition coefficient (Wildman–Crippen LogP) is 3.85. The van der Waals surface area contributed by atoms with E-state index in [0.29, 0.717) is 43.3 Å². The molecule has 3 aromatic carbocycles. The highest BCUT2D eigenvalue weighted by Gasteiger charge is 2.19. The number of aromatic nitrogens is 1. The molecule has 0 saturated carbocycles. The molecule has 0 unspecified atom stereocenters. The van der Waals surface area contributed by atoms with Crippen molar-refractivity contribution in [1.82, 2.24) is 4.98 Å². The van der Waals surface area contributed by atoms with Crippen molar-refractivity contribution in [2.75, 3.05) is 38.3 Å². The second kappa shape index (κ2) is 7.22. The fraction of sp³-hybridized carbons (Fsp3) is 0.217.